The first-order valence-corrected chi connectivity index (χ1v) is 16.5. The summed E-state index contributed by atoms with van der Waals surface area (Å²) in [4.78, 5) is 48.0. The number of aliphatic hydroxyl groups excluding tert-OH is 1. The first-order chi connectivity index (χ1) is 22.9. The number of hydrogen-bond donors (Lipinski definition) is 2. The highest BCUT2D eigenvalue weighted by Crippen LogP contribution is 2.31. The average Bonchev–Trinajstić information content (AvgIpc) is 3.53. The van der Waals surface area contributed by atoms with Gasteiger partial charge in [-0.3, -0.25) is 9.59 Å². The highest BCUT2D eigenvalue weighted by molar-refractivity contribution is 6.14. The first kappa shape index (κ1) is 33.8. The summed E-state index contributed by atoms with van der Waals surface area (Å²) in [6.45, 7) is 6.43. The van der Waals surface area contributed by atoms with Gasteiger partial charge in [-0.2, -0.15) is 0 Å². The number of esters is 1. The molecule has 2 heterocycles. The van der Waals surface area contributed by atoms with Gasteiger partial charge < -0.3 is 24.6 Å². The van der Waals surface area contributed by atoms with Crippen LogP contribution in [-0.4, -0.2) is 70.1 Å². The van der Waals surface area contributed by atoms with Gasteiger partial charge in [-0.15, -0.1) is 0 Å². The second-order valence-corrected chi connectivity index (χ2v) is 12.1. The predicted octanol–water partition coefficient (Wildman–Crippen LogP) is 5.67. The van der Waals surface area contributed by atoms with E-state index in [1.54, 1.807) is 30.5 Å². The molecule has 9 nitrogen and oxygen atoms in total. The lowest BCUT2D eigenvalue weighted by Crippen LogP contribution is -2.39. The number of aliphatic hydroxyl groups is 1. The zero-order valence-electron chi connectivity index (χ0n) is 27.5. The van der Waals surface area contributed by atoms with Crippen LogP contribution in [-0.2, 0) is 24.2 Å². The van der Waals surface area contributed by atoms with Crippen molar-refractivity contribution in [1.29, 1.82) is 0 Å². The van der Waals surface area contributed by atoms with E-state index in [9.17, 15) is 19.5 Å². The zero-order chi connectivity index (χ0) is 33.3. The molecule has 0 radical (unpaired) electrons. The number of hydrogen-bond acceptors (Lipinski definition) is 7. The zero-order valence-corrected chi connectivity index (χ0v) is 27.5. The molecule has 1 aliphatic rings. The minimum absolute atomic E-state index is 0.0493. The average molecular weight is 637 g/mol. The number of ether oxygens (including phenoxy) is 1. The number of nitrogens with one attached hydrogen (secondary N) is 1. The van der Waals surface area contributed by atoms with Crippen LogP contribution in [0, 0.1) is 0 Å². The quantitative estimate of drug-likeness (QED) is 0.136. The SMILES string of the molecule is CCCCN(CCCC)C(=O)c1cn(Cc2ccccc2)c(-c2ccc(C(=O)OC)cc2C(=O)c2cccc3c2CC(CO)NC3)n1. The van der Waals surface area contributed by atoms with E-state index in [0.29, 0.717) is 55.2 Å². The molecule has 0 fully saturated rings. The van der Waals surface area contributed by atoms with Crippen molar-refractivity contribution in [2.75, 3.05) is 26.8 Å². The lowest BCUT2D eigenvalue weighted by atomic mass is 9.87. The maximum Gasteiger partial charge on any atom is 0.337 e. The van der Waals surface area contributed by atoms with Crippen molar-refractivity contribution < 1.29 is 24.2 Å². The molecule has 246 valence electrons. The van der Waals surface area contributed by atoms with Gasteiger partial charge in [0.15, 0.2) is 5.78 Å². The number of aromatic nitrogens is 2. The lowest BCUT2D eigenvalue weighted by molar-refractivity contribution is 0.0600. The third kappa shape index (κ3) is 7.69. The number of nitrogens with zero attached hydrogens (tertiary/aromatic N) is 3. The summed E-state index contributed by atoms with van der Waals surface area (Å²) in [5.74, 6) is -0.506. The number of amides is 1. The van der Waals surface area contributed by atoms with Crippen molar-refractivity contribution >= 4 is 17.7 Å². The Morgan fingerprint density at radius 3 is 2.40 bits per heavy atom. The van der Waals surface area contributed by atoms with E-state index < -0.39 is 5.97 Å². The van der Waals surface area contributed by atoms with Crippen molar-refractivity contribution in [3.05, 3.63) is 112 Å². The molecule has 0 saturated carbocycles. The van der Waals surface area contributed by atoms with Crippen LogP contribution >= 0.6 is 0 Å². The van der Waals surface area contributed by atoms with Crippen LogP contribution in [0.1, 0.15) is 93.0 Å². The topological polar surface area (TPSA) is 114 Å². The minimum Gasteiger partial charge on any atom is -0.465 e. The van der Waals surface area contributed by atoms with Crippen LogP contribution in [0.5, 0.6) is 0 Å². The number of unbranched alkanes of at least 4 members (excludes halogenated alkanes) is 2. The van der Waals surface area contributed by atoms with Gasteiger partial charge in [-0.25, -0.2) is 9.78 Å². The molecule has 1 amide bonds. The van der Waals surface area contributed by atoms with Crippen molar-refractivity contribution in [3.8, 4) is 11.4 Å². The summed E-state index contributed by atoms with van der Waals surface area (Å²) < 4.78 is 6.93. The Kier molecular flexibility index (Phi) is 11.3. The summed E-state index contributed by atoms with van der Waals surface area (Å²) in [5, 5.41) is 13.2. The molecular formula is C38H44N4O5. The Morgan fingerprint density at radius 1 is 0.979 bits per heavy atom. The Hall–Kier alpha value is -4.60. The highest BCUT2D eigenvalue weighted by atomic mass is 16.5. The van der Waals surface area contributed by atoms with Crippen LogP contribution in [0.3, 0.4) is 0 Å². The summed E-state index contributed by atoms with van der Waals surface area (Å²) in [5.41, 5.74) is 4.73. The van der Waals surface area contributed by atoms with Crippen molar-refractivity contribution in [2.24, 2.45) is 0 Å². The lowest BCUT2D eigenvalue weighted by Gasteiger charge is -2.26. The van der Waals surface area contributed by atoms with Gasteiger partial charge in [-0.05, 0) is 54.2 Å². The Balaban J connectivity index is 1.66. The Morgan fingerprint density at radius 2 is 1.72 bits per heavy atom. The van der Waals surface area contributed by atoms with Crippen molar-refractivity contribution in [2.45, 2.75) is 65.1 Å². The molecule has 0 bridgehead atoms. The van der Waals surface area contributed by atoms with Crippen LogP contribution in [0.25, 0.3) is 11.4 Å². The molecule has 1 aliphatic heterocycles. The standard InChI is InChI=1S/C38H44N4O5/c1-4-6-18-41(19-7-5-2)37(45)34-24-42(23-26-12-9-8-10-13-26)36(40-34)31-17-16-27(38(46)47-3)20-33(31)35(44)30-15-11-14-28-22-39-29(25-43)21-32(28)30/h8-17,20,24,29,39,43H,4-7,18-19,21-23,25H2,1-3H3. The van der Waals surface area contributed by atoms with E-state index in [4.69, 9.17) is 9.72 Å². The monoisotopic (exact) mass is 636 g/mol. The smallest absolute Gasteiger partial charge is 0.337 e. The number of carbonyl (C=O) groups excluding carboxylic acids is 3. The van der Waals surface area contributed by atoms with Crippen molar-refractivity contribution in [3.63, 3.8) is 0 Å². The number of imidazole rings is 1. The minimum atomic E-state index is -0.559. The van der Waals surface area contributed by atoms with Crippen molar-refractivity contribution in [1.82, 2.24) is 19.8 Å². The second kappa shape index (κ2) is 15.8. The molecule has 0 spiro atoms. The molecule has 0 saturated heterocycles. The molecule has 4 aromatic rings. The van der Waals surface area contributed by atoms with E-state index in [0.717, 1.165) is 42.4 Å². The fourth-order valence-electron chi connectivity index (χ4n) is 6.08. The maximum absolute atomic E-state index is 14.6. The molecular weight excluding hydrogens is 592 g/mol. The molecule has 3 aromatic carbocycles. The largest absolute Gasteiger partial charge is 0.465 e. The van der Waals surface area contributed by atoms with Gasteiger partial charge in [0.1, 0.15) is 11.5 Å². The number of carbonyl (C=O) groups is 3. The Bertz CT molecular complexity index is 1710. The number of benzene rings is 3. The van der Waals surface area contributed by atoms with Gasteiger partial charge >= 0.3 is 5.97 Å². The van der Waals surface area contributed by atoms with E-state index >= 15 is 0 Å². The molecule has 1 unspecified atom stereocenters. The summed E-state index contributed by atoms with van der Waals surface area (Å²) >= 11 is 0. The van der Waals surface area contributed by atoms with Crippen LogP contribution in [0.4, 0.5) is 0 Å². The van der Waals surface area contributed by atoms with Gasteiger partial charge in [0.2, 0.25) is 0 Å². The molecule has 2 N–H and O–H groups in total. The van der Waals surface area contributed by atoms with E-state index in [1.807, 2.05) is 51.9 Å². The molecule has 0 aliphatic carbocycles. The Labute approximate surface area is 276 Å². The first-order valence-electron chi connectivity index (χ1n) is 16.5. The number of rotatable bonds is 14. The van der Waals surface area contributed by atoms with E-state index in [-0.39, 0.29) is 35.5 Å². The third-order valence-corrected chi connectivity index (χ3v) is 8.74. The number of ketones is 1. The van der Waals surface area contributed by atoms with Crippen LogP contribution in [0.2, 0.25) is 0 Å². The molecule has 1 aromatic heterocycles. The van der Waals surface area contributed by atoms with Gasteiger partial charge in [0.05, 0.1) is 19.3 Å². The fourth-order valence-corrected chi connectivity index (χ4v) is 6.08. The second-order valence-electron chi connectivity index (χ2n) is 12.1. The number of methoxy groups -OCH3 is 1. The molecule has 1 atom stereocenters. The fraction of sp³-hybridized carbons (Fsp3) is 0.368. The van der Waals surface area contributed by atoms with Gasteiger partial charge in [0.25, 0.3) is 5.91 Å². The van der Waals surface area contributed by atoms with E-state index in [1.165, 1.54) is 7.11 Å². The molecule has 5 rings (SSSR count). The van der Waals surface area contributed by atoms with E-state index in [2.05, 4.69) is 19.2 Å². The number of fused-ring (bicyclic) bond motifs is 1. The van der Waals surface area contributed by atoms with Crippen LogP contribution in [0.15, 0.2) is 72.9 Å². The van der Waals surface area contributed by atoms with Gasteiger partial charge in [0, 0.05) is 55.1 Å². The summed E-state index contributed by atoms with van der Waals surface area (Å²) in [6, 6.07) is 20.3. The summed E-state index contributed by atoms with van der Waals surface area (Å²) in [6.07, 6.45) is 6.01. The summed E-state index contributed by atoms with van der Waals surface area (Å²) in [7, 11) is 1.31. The molecule has 47 heavy (non-hydrogen) atoms. The third-order valence-electron chi connectivity index (χ3n) is 8.74. The molecule has 9 heteroatoms. The van der Waals surface area contributed by atoms with Gasteiger partial charge in [-0.1, -0.05) is 75.2 Å². The van der Waals surface area contributed by atoms with Crippen LogP contribution < -0.4 is 5.32 Å². The highest BCUT2D eigenvalue weighted by Gasteiger charge is 2.28. The predicted molar refractivity (Wildman–Crippen MR) is 182 cm³/mol. The normalized spacial score (nSPS) is 14.0. The maximum atomic E-state index is 14.6.